The van der Waals surface area contributed by atoms with Crippen LogP contribution in [0.25, 0.3) is 0 Å². The van der Waals surface area contributed by atoms with Gasteiger partial charge in [-0.1, -0.05) is 24.3 Å². The lowest BCUT2D eigenvalue weighted by Gasteiger charge is -2.02. The lowest BCUT2D eigenvalue weighted by Crippen LogP contribution is -1.97. The van der Waals surface area contributed by atoms with Gasteiger partial charge in [-0.3, -0.25) is 5.43 Å². The van der Waals surface area contributed by atoms with Crippen molar-refractivity contribution in [3.8, 4) is 0 Å². The quantitative estimate of drug-likeness (QED) is 0.269. The highest BCUT2D eigenvalue weighted by Crippen LogP contribution is 2.06. The third-order valence-corrected chi connectivity index (χ3v) is 2.51. The Labute approximate surface area is 114 Å². The molecule has 4 nitrogen and oxygen atoms in total. The minimum atomic E-state index is -0.309. The van der Waals surface area contributed by atoms with Gasteiger partial charge >= 0.3 is 5.97 Å². The second-order valence-electron chi connectivity index (χ2n) is 4.14. The summed E-state index contributed by atoms with van der Waals surface area (Å²) in [7, 11) is 1.37. The van der Waals surface area contributed by atoms with Crippen molar-refractivity contribution in [1.82, 2.24) is 0 Å². The molecule has 0 unspecified atom stereocenters. The molecule has 0 saturated heterocycles. The number of hydrazone groups is 1. The number of hydrogen-bond acceptors (Lipinski definition) is 4. The van der Waals surface area contributed by atoms with Crippen LogP contribution in [0.15, 0.2) is 47.6 Å². The van der Waals surface area contributed by atoms with E-state index in [0.29, 0.717) is 0 Å². The summed E-state index contributed by atoms with van der Waals surface area (Å²) in [6.45, 7) is 1.99. The fourth-order valence-electron chi connectivity index (χ4n) is 1.45. The molecule has 0 spiro atoms. The number of para-hydroxylation sites is 1. The number of methoxy groups -OCH3 is 1. The van der Waals surface area contributed by atoms with Crippen LogP contribution in [0.2, 0.25) is 0 Å². The van der Waals surface area contributed by atoms with Gasteiger partial charge in [0, 0.05) is 11.8 Å². The lowest BCUT2D eigenvalue weighted by molar-refractivity contribution is -0.134. The number of ether oxygens (including phenoxy) is 1. The van der Waals surface area contributed by atoms with Gasteiger partial charge in [-0.2, -0.15) is 5.10 Å². The Morgan fingerprint density at radius 1 is 1.37 bits per heavy atom. The second-order valence-corrected chi connectivity index (χ2v) is 4.14. The van der Waals surface area contributed by atoms with Gasteiger partial charge in [-0.05, 0) is 38.3 Å². The number of carbonyl (C=O) groups excluding carboxylic acids is 1. The zero-order valence-electron chi connectivity index (χ0n) is 11.4. The SMILES string of the molecule is COC(=O)/C=C/CCC/C(C)=N/Nc1ccccc1. The molecular weight excluding hydrogens is 240 g/mol. The second kappa shape index (κ2) is 8.91. The van der Waals surface area contributed by atoms with E-state index in [4.69, 9.17) is 0 Å². The molecule has 1 N–H and O–H groups in total. The van der Waals surface area contributed by atoms with Crippen LogP contribution in [0.1, 0.15) is 26.2 Å². The molecule has 0 amide bonds. The van der Waals surface area contributed by atoms with E-state index in [-0.39, 0.29) is 5.97 Å². The number of allylic oxidation sites excluding steroid dienone is 1. The third kappa shape index (κ3) is 7.03. The number of nitrogens with zero attached hydrogens (tertiary/aromatic N) is 1. The first-order chi connectivity index (χ1) is 9.22. The minimum Gasteiger partial charge on any atom is -0.466 e. The van der Waals surface area contributed by atoms with Crippen molar-refractivity contribution in [2.24, 2.45) is 5.10 Å². The summed E-state index contributed by atoms with van der Waals surface area (Å²) in [5.74, 6) is -0.309. The Hall–Kier alpha value is -2.10. The van der Waals surface area contributed by atoms with Gasteiger partial charge in [0.2, 0.25) is 0 Å². The molecule has 1 aromatic carbocycles. The molecule has 0 saturated carbocycles. The van der Waals surface area contributed by atoms with E-state index in [1.807, 2.05) is 43.3 Å². The monoisotopic (exact) mass is 260 g/mol. The Balaban J connectivity index is 2.22. The highest BCUT2D eigenvalue weighted by molar-refractivity contribution is 5.83. The van der Waals surface area contributed by atoms with Crippen LogP contribution >= 0.6 is 0 Å². The minimum absolute atomic E-state index is 0.309. The van der Waals surface area contributed by atoms with Crippen molar-refractivity contribution in [3.63, 3.8) is 0 Å². The van der Waals surface area contributed by atoms with Gasteiger partial charge in [-0.25, -0.2) is 4.79 Å². The average Bonchev–Trinajstić information content (AvgIpc) is 2.45. The highest BCUT2D eigenvalue weighted by atomic mass is 16.5. The molecule has 0 radical (unpaired) electrons. The number of carbonyl (C=O) groups is 1. The fraction of sp³-hybridized carbons (Fsp3) is 0.333. The zero-order valence-corrected chi connectivity index (χ0v) is 11.4. The van der Waals surface area contributed by atoms with Crippen molar-refractivity contribution in [3.05, 3.63) is 42.5 Å². The van der Waals surface area contributed by atoms with E-state index in [9.17, 15) is 4.79 Å². The smallest absolute Gasteiger partial charge is 0.330 e. The van der Waals surface area contributed by atoms with E-state index < -0.39 is 0 Å². The van der Waals surface area contributed by atoms with E-state index in [0.717, 1.165) is 30.7 Å². The normalized spacial score (nSPS) is 11.6. The van der Waals surface area contributed by atoms with Gasteiger partial charge in [-0.15, -0.1) is 0 Å². The maximum Gasteiger partial charge on any atom is 0.330 e. The number of rotatable bonds is 7. The molecule has 0 aliphatic heterocycles. The maximum atomic E-state index is 10.8. The molecule has 0 aromatic heterocycles. The van der Waals surface area contributed by atoms with Crippen LogP contribution in [-0.2, 0) is 9.53 Å². The first-order valence-corrected chi connectivity index (χ1v) is 6.31. The van der Waals surface area contributed by atoms with Crippen molar-refractivity contribution in [1.29, 1.82) is 0 Å². The Morgan fingerprint density at radius 3 is 2.79 bits per heavy atom. The average molecular weight is 260 g/mol. The summed E-state index contributed by atoms with van der Waals surface area (Å²) in [4.78, 5) is 10.8. The topological polar surface area (TPSA) is 50.7 Å². The molecule has 0 aliphatic rings. The molecule has 1 aromatic rings. The van der Waals surface area contributed by atoms with Gasteiger partial charge < -0.3 is 4.74 Å². The first-order valence-electron chi connectivity index (χ1n) is 6.31. The molecule has 4 heteroatoms. The standard InChI is InChI=1S/C15H20N2O2/c1-13(9-5-3-8-12-15(18)19-2)16-17-14-10-6-4-7-11-14/h4,6-8,10-12,17H,3,5,9H2,1-2H3/b12-8+,16-13+. The Kier molecular flexibility index (Phi) is 7.02. The third-order valence-electron chi connectivity index (χ3n) is 2.51. The molecule has 0 heterocycles. The number of esters is 1. The zero-order chi connectivity index (χ0) is 13.9. The van der Waals surface area contributed by atoms with Gasteiger partial charge in [0.25, 0.3) is 0 Å². The Bertz CT molecular complexity index is 439. The van der Waals surface area contributed by atoms with E-state index in [2.05, 4.69) is 15.3 Å². The summed E-state index contributed by atoms with van der Waals surface area (Å²) >= 11 is 0. The summed E-state index contributed by atoms with van der Waals surface area (Å²) in [6, 6.07) is 9.83. The Morgan fingerprint density at radius 2 is 2.11 bits per heavy atom. The molecule has 19 heavy (non-hydrogen) atoms. The van der Waals surface area contributed by atoms with Crippen molar-refractivity contribution < 1.29 is 9.53 Å². The van der Waals surface area contributed by atoms with Crippen LogP contribution in [0, 0.1) is 0 Å². The van der Waals surface area contributed by atoms with E-state index in [1.165, 1.54) is 13.2 Å². The summed E-state index contributed by atoms with van der Waals surface area (Å²) in [6.07, 6.45) is 5.97. The molecule has 1 rings (SSSR count). The van der Waals surface area contributed by atoms with Crippen LogP contribution < -0.4 is 5.43 Å². The maximum absolute atomic E-state index is 10.8. The van der Waals surface area contributed by atoms with Crippen LogP contribution in [0.5, 0.6) is 0 Å². The lowest BCUT2D eigenvalue weighted by atomic mass is 10.2. The largest absolute Gasteiger partial charge is 0.466 e. The number of nitrogens with one attached hydrogen (secondary N) is 1. The molecule has 0 fully saturated rings. The first kappa shape index (κ1) is 15.0. The van der Waals surface area contributed by atoms with Crippen molar-refractivity contribution in [2.45, 2.75) is 26.2 Å². The molecule has 102 valence electrons. The van der Waals surface area contributed by atoms with Crippen LogP contribution in [0.4, 0.5) is 5.69 Å². The number of benzene rings is 1. The summed E-state index contributed by atoms with van der Waals surface area (Å²) < 4.78 is 4.51. The molecular formula is C15H20N2O2. The molecule has 0 bridgehead atoms. The number of anilines is 1. The molecule has 0 atom stereocenters. The summed E-state index contributed by atoms with van der Waals surface area (Å²) in [5, 5.41) is 4.29. The van der Waals surface area contributed by atoms with Crippen LogP contribution in [0.3, 0.4) is 0 Å². The predicted octanol–water partition coefficient (Wildman–Crippen LogP) is 3.37. The molecule has 0 aliphatic carbocycles. The van der Waals surface area contributed by atoms with Gasteiger partial charge in [0.1, 0.15) is 0 Å². The number of unbranched alkanes of at least 4 members (excludes halogenated alkanes) is 1. The highest BCUT2D eigenvalue weighted by Gasteiger charge is 1.93. The predicted molar refractivity (Wildman–Crippen MR) is 78.2 cm³/mol. The van der Waals surface area contributed by atoms with Gasteiger partial charge in [0.15, 0.2) is 0 Å². The van der Waals surface area contributed by atoms with Crippen LogP contribution in [-0.4, -0.2) is 18.8 Å². The number of hydrogen-bond donors (Lipinski definition) is 1. The van der Waals surface area contributed by atoms with Crippen molar-refractivity contribution in [2.75, 3.05) is 12.5 Å². The summed E-state index contributed by atoms with van der Waals surface area (Å²) in [5.41, 5.74) is 5.02. The fourth-order valence-corrected chi connectivity index (χ4v) is 1.45. The van der Waals surface area contributed by atoms with Gasteiger partial charge in [0.05, 0.1) is 12.8 Å². The van der Waals surface area contributed by atoms with E-state index >= 15 is 0 Å². The van der Waals surface area contributed by atoms with Crippen molar-refractivity contribution >= 4 is 17.4 Å². The van der Waals surface area contributed by atoms with E-state index in [1.54, 1.807) is 0 Å².